The number of rotatable bonds is 4. The molecule has 3 nitrogen and oxygen atoms in total. The van der Waals surface area contributed by atoms with Gasteiger partial charge in [-0.15, -0.1) is 0 Å². The molecule has 1 N–H and O–H groups in total. The van der Waals surface area contributed by atoms with E-state index in [1.807, 2.05) is 6.07 Å². The first-order chi connectivity index (χ1) is 8.25. The molecule has 90 valence electrons. The molecule has 0 saturated heterocycles. The molecule has 0 saturated carbocycles. The molecule has 17 heavy (non-hydrogen) atoms. The third kappa shape index (κ3) is 3.34. The van der Waals surface area contributed by atoms with E-state index in [2.05, 4.69) is 12.1 Å². The van der Waals surface area contributed by atoms with Crippen LogP contribution in [0.5, 0.6) is 5.75 Å². The van der Waals surface area contributed by atoms with Gasteiger partial charge in [0.1, 0.15) is 12.4 Å². The zero-order valence-electron chi connectivity index (χ0n) is 9.69. The number of fused-ring (bicyclic) bond motifs is 1. The van der Waals surface area contributed by atoms with Gasteiger partial charge in [0, 0.05) is 6.08 Å². The standard InChI is InChI=1S/C14H16O3/c15-14(16)6-3-9-17-13-8-7-11-4-1-2-5-12(11)10-13/h3,6-8,10H,1-2,4-5,9H2,(H,15,16)/b6-3+. The highest BCUT2D eigenvalue weighted by molar-refractivity contribution is 5.79. The van der Waals surface area contributed by atoms with Crippen LogP contribution < -0.4 is 4.74 Å². The Kier molecular flexibility index (Phi) is 3.81. The molecule has 0 fully saturated rings. The first kappa shape index (κ1) is 11.7. The number of carboxylic acid groups (broad SMARTS) is 1. The van der Waals surface area contributed by atoms with Gasteiger partial charge in [-0.2, -0.15) is 0 Å². The number of carboxylic acids is 1. The summed E-state index contributed by atoms with van der Waals surface area (Å²) in [4.78, 5) is 10.3. The van der Waals surface area contributed by atoms with E-state index in [1.54, 1.807) is 0 Å². The predicted molar refractivity (Wildman–Crippen MR) is 65.4 cm³/mol. The molecule has 1 aliphatic rings. The normalized spacial score (nSPS) is 14.6. The van der Waals surface area contributed by atoms with Crippen LogP contribution in [0.1, 0.15) is 24.0 Å². The Morgan fingerprint density at radius 3 is 2.82 bits per heavy atom. The van der Waals surface area contributed by atoms with Gasteiger partial charge in [0.2, 0.25) is 0 Å². The smallest absolute Gasteiger partial charge is 0.328 e. The van der Waals surface area contributed by atoms with Crippen molar-refractivity contribution >= 4 is 5.97 Å². The van der Waals surface area contributed by atoms with Gasteiger partial charge in [-0.05, 0) is 55.0 Å². The summed E-state index contributed by atoms with van der Waals surface area (Å²) in [5.74, 6) is -0.125. The fourth-order valence-corrected chi connectivity index (χ4v) is 2.09. The summed E-state index contributed by atoms with van der Waals surface area (Å²) in [6.07, 6.45) is 7.40. The van der Waals surface area contributed by atoms with Crippen molar-refractivity contribution in [2.75, 3.05) is 6.61 Å². The van der Waals surface area contributed by atoms with Crippen molar-refractivity contribution in [1.29, 1.82) is 0 Å². The molecule has 0 radical (unpaired) electrons. The average molecular weight is 232 g/mol. The van der Waals surface area contributed by atoms with Gasteiger partial charge < -0.3 is 9.84 Å². The second-order valence-corrected chi connectivity index (χ2v) is 4.19. The Balaban J connectivity index is 1.95. The molecule has 1 aromatic carbocycles. The van der Waals surface area contributed by atoms with E-state index in [4.69, 9.17) is 9.84 Å². The summed E-state index contributed by atoms with van der Waals surface area (Å²) >= 11 is 0. The van der Waals surface area contributed by atoms with Gasteiger partial charge in [-0.1, -0.05) is 6.07 Å². The van der Waals surface area contributed by atoms with E-state index in [1.165, 1.54) is 30.0 Å². The van der Waals surface area contributed by atoms with Gasteiger partial charge in [-0.3, -0.25) is 0 Å². The summed E-state index contributed by atoms with van der Waals surface area (Å²) in [5, 5.41) is 8.43. The number of aliphatic carboxylic acids is 1. The molecule has 0 atom stereocenters. The van der Waals surface area contributed by atoms with Gasteiger partial charge >= 0.3 is 5.97 Å². The van der Waals surface area contributed by atoms with Crippen LogP contribution >= 0.6 is 0 Å². The predicted octanol–water partition coefficient (Wildman–Crippen LogP) is 2.59. The van der Waals surface area contributed by atoms with Crippen molar-refractivity contribution in [2.45, 2.75) is 25.7 Å². The van der Waals surface area contributed by atoms with E-state index in [0.717, 1.165) is 24.7 Å². The molecule has 3 heteroatoms. The molecule has 0 aliphatic heterocycles. The number of hydrogen-bond donors (Lipinski definition) is 1. The number of hydrogen-bond acceptors (Lipinski definition) is 2. The van der Waals surface area contributed by atoms with Crippen molar-refractivity contribution in [3.63, 3.8) is 0 Å². The molecule has 1 aliphatic carbocycles. The second-order valence-electron chi connectivity index (χ2n) is 4.19. The molecule has 0 spiro atoms. The molecule has 2 rings (SSSR count). The van der Waals surface area contributed by atoms with E-state index in [0.29, 0.717) is 6.61 Å². The maximum absolute atomic E-state index is 10.3. The zero-order chi connectivity index (χ0) is 12.1. The minimum absolute atomic E-state index is 0.297. The van der Waals surface area contributed by atoms with Gasteiger partial charge in [0.15, 0.2) is 0 Å². The third-order valence-corrected chi connectivity index (χ3v) is 2.93. The van der Waals surface area contributed by atoms with Crippen LogP contribution in [0.25, 0.3) is 0 Å². The van der Waals surface area contributed by atoms with Crippen molar-refractivity contribution in [3.05, 3.63) is 41.5 Å². The van der Waals surface area contributed by atoms with Crippen LogP contribution in [0, 0.1) is 0 Å². The lowest BCUT2D eigenvalue weighted by Gasteiger charge is -2.16. The largest absolute Gasteiger partial charge is 0.490 e. The van der Waals surface area contributed by atoms with Crippen LogP contribution in [-0.4, -0.2) is 17.7 Å². The van der Waals surface area contributed by atoms with Crippen molar-refractivity contribution in [1.82, 2.24) is 0 Å². The monoisotopic (exact) mass is 232 g/mol. The first-order valence-corrected chi connectivity index (χ1v) is 5.90. The molecule has 0 bridgehead atoms. The quantitative estimate of drug-likeness (QED) is 0.811. The minimum Gasteiger partial charge on any atom is -0.490 e. The molecule has 0 heterocycles. The van der Waals surface area contributed by atoms with Crippen molar-refractivity contribution in [2.24, 2.45) is 0 Å². The van der Waals surface area contributed by atoms with Crippen LogP contribution in [-0.2, 0) is 17.6 Å². The van der Waals surface area contributed by atoms with Crippen LogP contribution in [0.4, 0.5) is 0 Å². The van der Waals surface area contributed by atoms with E-state index in [9.17, 15) is 4.79 Å². The molecule has 0 amide bonds. The summed E-state index contributed by atoms with van der Waals surface area (Å²) in [6, 6.07) is 6.15. The highest BCUT2D eigenvalue weighted by Gasteiger charge is 2.09. The maximum Gasteiger partial charge on any atom is 0.328 e. The molecule has 0 aromatic heterocycles. The molecular weight excluding hydrogens is 216 g/mol. The third-order valence-electron chi connectivity index (χ3n) is 2.93. The van der Waals surface area contributed by atoms with Crippen LogP contribution in [0.3, 0.4) is 0 Å². The number of aryl methyl sites for hydroxylation is 2. The Bertz CT molecular complexity index is 435. The summed E-state index contributed by atoms with van der Waals surface area (Å²) in [7, 11) is 0. The average Bonchev–Trinajstić information content (AvgIpc) is 2.34. The van der Waals surface area contributed by atoms with Crippen LogP contribution in [0.15, 0.2) is 30.4 Å². The van der Waals surface area contributed by atoms with Crippen LogP contribution in [0.2, 0.25) is 0 Å². The van der Waals surface area contributed by atoms with E-state index in [-0.39, 0.29) is 0 Å². The van der Waals surface area contributed by atoms with Gasteiger partial charge in [0.05, 0.1) is 0 Å². The number of benzene rings is 1. The fourth-order valence-electron chi connectivity index (χ4n) is 2.09. The van der Waals surface area contributed by atoms with Gasteiger partial charge in [-0.25, -0.2) is 4.79 Å². The topological polar surface area (TPSA) is 46.5 Å². The van der Waals surface area contributed by atoms with Crippen molar-refractivity contribution in [3.8, 4) is 5.75 Å². The molecular formula is C14H16O3. The van der Waals surface area contributed by atoms with Crippen molar-refractivity contribution < 1.29 is 14.6 Å². The lowest BCUT2D eigenvalue weighted by molar-refractivity contribution is -0.131. The Morgan fingerprint density at radius 2 is 2.06 bits per heavy atom. The summed E-state index contributed by atoms with van der Waals surface area (Å²) < 4.78 is 5.47. The minimum atomic E-state index is -0.945. The SMILES string of the molecule is O=C(O)/C=C/COc1ccc2c(c1)CCCC2. The lowest BCUT2D eigenvalue weighted by atomic mass is 9.92. The summed E-state index contributed by atoms with van der Waals surface area (Å²) in [6.45, 7) is 0.297. The zero-order valence-corrected chi connectivity index (χ0v) is 9.69. The highest BCUT2D eigenvalue weighted by Crippen LogP contribution is 2.25. The fraction of sp³-hybridized carbons (Fsp3) is 0.357. The maximum atomic E-state index is 10.3. The first-order valence-electron chi connectivity index (χ1n) is 5.90. The Labute approximate surface area is 101 Å². The lowest BCUT2D eigenvalue weighted by Crippen LogP contribution is -2.03. The Morgan fingerprint density at radius 1 is 1.29 bits per heavy atom. The number of ether oxygens (including phenoxy) is 1. The highest BCUT2D eigenvalue weighted by atomic mass is 16.5. The van der Waals surface area contributed by atoms with E-state index < -0.39 is 5.97 Å². The number of carbonyl (C=O) groups is 1. The molecule has 1 aromatic rings. The van der Waals surface area contributed by atoms with E-state index >= 15 is 0 Å². The van der Waals surface area contributed by atoms with Gasteiger partial charge in [0.25, 0.3) is 0 Å². The Hall–Kier alpha value is -1.77. The molecule has 0 unspecified atom stereocenters. The second kappa shape index (κ2) is 5.53. The summed E-state index contributed by atoms with van der Waals surface area (Å²) in [5.41, 5.74) is 2.79.